The molecule has 1 aromatic heterocycles. The zero-order valence-corrected chi connectivity index (χ0v) is 13.1. The molecule has 0 unspecified atom stereocenters. The molecule has 0 saturated heterocycles. The van der Waals surface area contributed by atoms with Crippen LogP contribution in [0.4, 0.5) is 0 Å². The number of aryl methyl sites for hydroxylation is 1. The number of aromatic amines is 1. The third-order valence-corrected chi connectivity index (χ3v) is 4.32. The van der Waals surface area contributed by atoms with Crippen LogP contribution in [0, 0.1) is 10.5 Å². The lowest BCUT2D eigenvalue weighted by molar-refractivity contribution is 0.297. The highest BCUT2D eigenvalue weighted by Crippen LogP contribution is 2.33. The normalized spacial score (nSPS) is 13.9. The maximum atomic E-state index is 11.8. The van der Waals surface area contributed by atoms with Crippen molar-refractivity contribution in [3.63, 3.8) is 0 Å². The predicted molar refractivity (Wildman–Crippen MR) is 83.4 cm³/mol. The minimum absolute atomic E-state index is 0.125. The molecule has 0 atom stereocenters. The third kappa shape index (κ3) is 2.52. The molecule has 0 spiro atoms. The van der Waals surface area contributed by atoms with Crippen molar-refractivity contribution in [3.8, 4) is 22.9 Å². The van der Waals surface area contributed by atoms with Crippen molar-refractivity contribution in [3.05, 3.63) is 37.8 Å². The first-order valence-electron chi connectivity index (χ1n) is 6.31. The maximum Gasteiger partial charge on any atom is 0.264 e. The monoisotopic (exact) mass is 384 g/mol. The molecule has 20 heavy (non-hydrogen) atoms. The summed E-state index contributed by atoms with van der Waals surface area (Å²) >= 11 is 1.99. The van der Waals surface area contributed by atoms with Crippen LogP contribution in [0.3, 0.4) is 0 Å². The van der Waals surface area contributed by atoms with E-state index in [1.54, 1.807) is 0 Å². The third-order valence-electron chi connectivity index (χ3n) is 3.05. The fraction of sp³-hybridized carbons (Fsp3) is 0.286. The largest absolute Gasteiger partial charge is 0.490 e. The Balaban J connectivity index is 2.07. The van der Waals surface area contributed by atoms with E-state index in [9.17, 15) is 4.79 Å². The number of fused-ring (bicyclic) bond motifs is 1. The molecular formula is C14H13IN2O3. The van der Waals surface area contributed by atoms with Gasteiger partial charge in [-0.05, 0) is 47.7 Å². The van der Waals surface area contributed by atoms with Crippen molar-refractivity contribution < 1.29 is 9.47 Å². The van der Waals surface area contributed by atoms with Crippen LogP contribution in [0.15, 0.2) is 23.0 Å². The van der Waals surface area contributed by atoms with Gasteiger partial charge in [0.25, 0.3) is 5.56 Å². The minimum Gasteiger partial charge on any atom is -0.490 e. The molecule has 1 aromatic carbocycles. The Kier molecular flexibility index (Phi) is 3.64. The van der Waals surface area contributed by atoms with Gasteiger partial charge in [-0.1, -0.05) is 0 Å². The van der Waals surface area contributed by atoms with Gasteiger partial charge in [0.15, 0.2) is 11.5 Å². The Morgan fingerprint density at radius 2 is 2.00 bits per heavy atom. The van der Waals surface area contributed by atoms with Crippen LogP contribution in [-0.4, -0.2) is 23.2 Å². The number of nitrogens with one attached hydrogen (secondary N) is 1. The van der Waals surface area contributed by atoms with Gasteiger partial charge in [-0.15, -0.1) is 0 Å². The first-order valence-corrected chi connectivity index (χ1v) is 7.39. The molecule has 2 aromatic rings. The van der Waals surface area contributed by atoms with Gasteiger partial charge >= 0.3 is 0 Å². The number of halogens is 1. The van der Waals surface area contributed by atoms with Crippen LogP contribution < -0.4 is 15.0 Å². The summed E-state index contributed by atoms with van der Waals surface area (Å²) < 4.78 is 11.8. The summed E-state index contributed by atoms with van der Waals surface area (Å²) in [5.41, 5.74) is 1.41. The van der Waals surface area contributed by atoms with Gasteiger partial charge in [-0.2, -0.15) is 0 Å². The highest BCUT2D eigenvalue weighted by Gasteiger charge is 2.13. The standard InChI is InChI=1S/C14H13IN2O3/c1-8-12(15)14(18)17-13(16-8)9-3-4-10-11(7-9)20-6-2-5-19-10/h3-4,7H,2,5-6H2,1H3,(H,16,17,18). The summed E-state index contributed by atoms with van der Waals surface area (Å²) in [5.74, 6) is 1.97. The summed E-state index contributed by atoms with van der Waals surface area (Å²) in [4.78, 5) is 19.0. The van der Waals surface area contributed by atoms with Gasteiger partial charge in [-0.3, -0.25) is 4.79 Å². The Morgan fingerprint density at radius 3 is 2.75 bits per heavy atom. The lowest BCUT2D eigenvalue weighted by atomic mass is 10.2. The van der Waals surface area contributed by atoms with Crippen LogP contribution in [0.1, 0.15) is 12.1 Å². The second kappa shape index (κ2) is 5.43. The van der Waals surface area contributed by atoms with Crippen molar-refractivity contribution >= 4 is 22.6 Å². The van der Waals surface area contributed by atoms with E-state index in [0.717, 1.165) is 23.4 Å². The highest BCUT2D eigenvalue weighted by molar-refractivity contribution is 14.1. The molecule has 0 aliphatic carbocycles. The predicted octanol–water partition coefficient (Wildman–Crippen LogP) is 2.51. The van der Waals surface area contributed by atoms with Gasteiger partial charge in [0.1, 0.15) is 5.82 Å². The van der Waals surface area contributed by atoms with E-state index in [2.05, 4.69) is 9.97 Å². The summed E-state index contributed by atoms with van der Waals surface area (Å²) in [6.45, 7) is 3.11. The molecule has 5 nitrogen and oxygen atoms in total. The Hall–Kier alpha value is -1.57. The Bertz CT molecular complexity index is 712. The van der Waals surface area contributed by atoms with Crippen LogP contribution in [0.5, 0.6) is 11.5 Å². The number of aromatic nitrogens is 2. The van der Waals surface area contributed by atoms with Crippen molar-refractivity contribution in [1.82, 2.24) is 9.97 Å². The highest BCUT2D eigenvalue weighted by atomic mass is 127. The van der Waals surface area contributed by atoms with Crippen molar-refractivity contribution in [2.75, 3.05) is 13.2 Å². The van der Waals surface area contributed by atoms with Gasteiger partial charge in [0.2, 0.25) is 0 Å². The molecule has 1 N–H and O–H groups in total. The van der Waals surface area contributed by atoms with Gasteiger partial charge in [0.05, 0.1) is 22.5 Å². The smallest absolute Gasteiger partial charge is 0.264 e. The average molecular weight is 384 g/mol. The lowest BCUT2D eigenvalue weighted by Gasteiger charge is -2.09. The van der Waals surface area contributed by atoms with Gasteiger partial charge in [-0.25, -0.2) is 4.98 Å². The molecule has 1 aliphatic heterocycles. The number of hydrogen-bond acceptors (Lipinski definition) is 4. The van der Waals surface area contributed by atoms with E-state index in [4.69, 9.17) is 9.47 Å². The molecule has 0 bridgehead atoms. The SMILES string of the molecule is Cc1nc(-c2ccc3c(c2)OCCCO3)[nH]c(=O)c1I. The van der Waals surface area contributed by atoms with Crippen molar-refractivity contribution in [2.45, 2.75) is 13.3 Å². The second-order valence-electron chi connectivity index (χ2n) is 4.53. The van der Waals surface area contributed by atoms with Crippen molar-refractivity contribution in [1.29, 1.82) is 0 Å². The molecule has 3 rings (SSSR count). The average Bonchev–Trinajstić information content (AvgIpc) is 2.68. The second-order valence-corrected chi connectivity index (χ2v) is 5.60. The van der Waals surface area contributed by atoms with E-state index < -0.39 is 0 Å². The summed E-state index contributed by atoms with van der Waals surface area (Å²) in [6.07, 6.45) is 0.863. The Labute approximate surface area is 129 Å². The first kappa shape index (κ1) is 13.4. The topological polar surface area (TPSA) is 64.2 Å². The summed E-state index contributed by atoms with van der Waals surface area (Å²) in [7, 11) is 0. The molecule has 0 amide bonds. The lowest BCUT2D eigenvalue weighted by Crippen LogP contribution is -2.14. The van der Waals surface area contributed by atoms with Crippen LogP contribution in [0.2, 0.25) is 0 Å². The zero-order chi connectivity index (χ0) is 14.1. The van der Waals surface area contributed by atoms with Crippen molar-refractivity contribution in [2.24, 2.45) is 0 Å². The zero-order valence-electron chi connectivity index (χ0n) is 10.9. The maximum absolute atomic E-state index is 11.8. The summed E-state index contributed by atoms with van der Waals surface area (Å²) in [5, 5.41) is 0. The molecule has 0 saturated carbocycles. The van der Waals surface area contributed by atoms with E-state index in [1.807, 2.05) is 47.7 Å². The van der Waals surface area contributed by atoms with E-state index >= 15 is 0 Å². The fourth-order valence-corrected chi connectivity index (χ4v) is 2.27. The number of hydrogen-bond donors (Lipinski definition) is 1. The molecule has 0 radical (unpaired) electrons. The Morgan fingerprint density at radius 1 is 1.25 bits per heavy atom. The molecule has 104 valence electrons. The fourth-order valence-electron chi connectivity index (χ4n) is 2.02. The van der Waals surface area contributed by atoms with E-state index in [-0.39, 0.29) is 5.56 Å². The first-order chi connectivity index (χ1) is 9.65. The summed E-state index contributed by atoms with van der Waals surface area (Å²) in [6, 6.07) is 5.58. The van der Waals surface area contributed by atoms with Gasteiger partial charge < -0.3 is 14.5 Å². The number of ether oxygens (including phenoxy) is 2. The molecule has 6 heteroatoms. The van der Waals surface area contributed by atoms with Gasteiger partial charge in [0, 0.05) is 12.0 Å². The number of nitrogens with zero attached hydrogens (tertiary/aromatic N) is 1. The quantitative estimate of drug-likeness (QED) is 0.768. The van der Waals surface area contributed by atoms with Crippen LogP contribution in [0.25, 0.3) is 11.4 Å². The molecular weight excluding hydrogens is 371 g/mol. The van der Waals surface area contributed by atoms with E-state index in [0.29, 0.717) is 28.4 Å². The molecule has 2 heterocycles. The van der Waals surface area contributed by atoms with Crippen LogP contribution >= 0.6 is 22.6 Å². The number of benzene rings is 1. The van der Waals surface area contributed by atoms with Crippen LogP contribution in [-0.2, 0) is 0 Å². The molecule has 1 aliphatic rings. The number of H-pyrrole nitrogens is 1. The van der Waals surface area contributed by atoms with E-state index in [1.165, 1.54) is 0 Å². The minimum atomic E-state index is -0.125. The molecule has 0 fully saturated rings. The number of rotatable bonds is 1.